The van der Waals surface area contributed by atoms with E-state index < -0.39 is 0 Å². The Morgan fingerprint density at radius 1 is 1.32 bits per heavy atom. The number of hydrogen-bond donors (Lipinski definition) is 3. The van der Waals surface area contributed by atoms with Gasteiger partial charge in [0.1, 0.15) is 10.7 Å². The van der Waals surface area contributed by atoms with Gasteiger partial charge < -0.3 is 15.6 Å². The highest BCUT2D eigenvalue weighted by Crippen LogP contribution is 2.29. The van der Waals surface area contributed by atoms with E-state index in [0.29, 0.717) is 10.8 Å². The van der Waals surface area contributed by atoms with Crippen LogP contribution in [0.1, 0.15) is 32.7 Å². The Bertz CT molecular complexity index is 864. The number of aromatic nitrogens is 3. The molecule has 3 aromatic rings. The predicted molar refractivity (Wildman–Crippen MR) is 99.1 cm³/mol. The summed E-state index contributed by atoms with van der Waals surface area (Å²) in [6.07, 6.45) is 4.59. The van der Waals surface area contributed by atoms with Gasteiger partial charge in [0.25, 0.3) is 5.91 Å². The van der Waals surface area contributed by atoms with Crippen molar-refractivity contribution in [1.29, 1.82) is 0 Å². The number of imidazole rings is 1. The molecule has 128 valence electrons. The number of aromatic amines is 1. The predicted octanol–water partition coefficient (Wildman–Crippen LogP) is 3.17. The van der Waals surface area contributed by atoms with Gasteiger partial charge in [-0.2, -0.15) is 0 Å². The molecule has 1 unspecified atom stereocenters. The van der Waals surface area contributed by atoms with Crippen LogP contribution in [0.5, 0.6) is 0 Å². The molecule has 1 saturated heterocycles. The molecule has 1 aliphatic heterocycles. The first-order chi connectivity index (χ1) is 12.2. The minimum atomic E-state index is -0.0991. The Hall–Kier alpha value is -2.51. The van der Waals surface area contributed by atoms with Gasteiger partial charge in [-0.3, -0.25) is 4.79 Å². The second kappa shape index (κ2) is 6.78. The summed E-state index contributed by atoms with van der Waals surface area (Å²) in [6.45, 7) is 3.87. The number of nitrogens with one attached hydrogen (secondary N) is 3. The minimum absolute atomic E-state index is 0.0991. The van der Waals surface area contributed by atoms with E-state index in [4.69, 9.17) is 0 Å². The molecule has 3 N–H and O–H groups in total. The summed E-state index contributed by atoms with van der Waals surface area (Å²) in [4.78, 5) is 25.2. The van der Waals surface area contributed by atoms with Gasteiger partial charge in [0, 0.05) is 36.1 Å². The Morgan fingerprint density at radius 2 is 2.16 bits per heavy atom. The fraction of sp³-hybridized carbons (Fsp3) is 0.278. The molecule has 7 heteroatoms. The molecule has 1 aliphatic rings. The van der Waals surface area contributed by atoms with E-state index in [2.05, 4.69) is 25.6 Å². The molecule has 2 aromatic heterocycles. The zero-order chi connectivity index (χ0) is 17.2. The van der Waals surface area contributed by atoms with Crippen molar-refractivity contribution in [3.63, 3.8) is 0 Å². The number of hydrogen-bond acceptors (Lipinski definition) is 5. The zero-order valence-corrected chi connectivity index (χ0v) is 14.7. The van der Waals surface area contributed by atoms with Crippen molar-refractivity contribution < 1.29 is 4.79 Å². The van der Waals surface area contributed by atoms with E-state index in [1.165, 1.54) is 11.3 Å². The third kappa shape index (κ3) is 3.33. The smallest absolute Gasteiger partial charge is 0.267 e. The highest BCUT2D eigenvalue weighted by Gasteiger charge is 2.23. The van der Waals surface area contributed by atoms with Gasteiger partial charge in [0.2, 0.25) is 0 Å². The molecule has 0 aliphatic carbocycles. The monoisotopic (exact) mass is 353 g/mol. The summed E-state index contributed by atoms with van der Waals surface area (Å²) in [5, 5.41) is 7.36. The number of carbonyl (C=O) groups is 1. The second-order valence-electron chi connectivity index (χ2n) is 6.13. The lowest BCUT2D eigenvalue weighted by Gasteiger charge is -2.05. The van der Waals surface area contributed by atoms with Crippen LogP contribution in [0.25, 0.3) is 11.4 Å². The maximum Gasteiger partial charge on any atom is 0.267 e. The Labute approximate surface area is 149 Å². The average molecular weight is 353 g/mol. The van der Waals surface area contributed by atoms with Crippen molar-refractivity contribution in [1.82, 2.24) is 20.3 Å². The van der Waals surface area contributed by atoms with Gasteiger partial charge in [-0.15, -0.1) is 11.3 Å². The number of aryl methyl sites for hydroxylation is 1. The number of amides is 1. The molecular formula is C18H19N5OS. The molecule has 3 heterocycles. The van der Waals surface area contributed by atoms with E-state index in [1.54, 1.807) is 12.4 Å². The number of nitrogens with zero attached hydrogens (tertiary/aromatic N) is 2. The first-order valence-electron chi connectivity index (χ1n) is 8.30. The highest BCUT2D eigenvalue weighted by atomic mass is 32.1. The summed E-state index contributed by atoms with van der Waals surface area (Å²) < 4.78 is 0. The average Bonchev–Trinajstić information content (AvgIpc) is 3.37. The molecule has 0 spiro atoms. The number of carbonyl (C=O) groups excluding carboxylic acids is 1. The fourth-order valence-corrected chi connectivity index (χ4v) is 4.09. The van der Waals surface area contributed by atoms with Crippen LogP contribution in [0.4, 0.5) is 5.69 Å². The number of benzene rings is 1. The van der Waals surface area contributed by atoms with Gasteiger partial charge in [0.15, 0.2) is 0 Å². The van der Waals surface area contributed by atoms with Crippen molar-refractivity contribution >= 4 is 22.9 Å². The molecule has 25 heavy (non-hydrogen) atoms. The van der Waals surface area contributed by atoms with Crippen LogP contribution in [-0.4, -0.2) is 33.9 Å². The quantitative estimate of drug-likeness (QED) is 0.673. The van der Waals surface area contributed by atoms with E-state index in [1.807, 2.05) is 31.2 Å². The van der Waals surface area contributed by atoms with E-state index in [9.17, 15) is 4.79 Å². The first kappa shape index (κ1) is 16.0. The van der Waals surface area contributed by atoms with E-state index in [-0.39, 0.29) is 5.91 Å². The van der Waals surface area contributed by atoms with Crippen LogP contribution in [0.2, 0.25) is 0 Å². The largest absolute Gasteiger partial charge is 0.345 e. The van der Waals surface area contributed by atoms with Crippen LogP contribution in [0.15, 0.2) is 36.7 Å². The van der Waals surface area contributed by atoms with Gasteiger partial charge >= 0.3 is 0 Å². The summed E-state index contributed by atoms with van der Waals surface area (Å²) in [5.74, 6) is 1.14. The third-order valence-corrected chi connectivity index (χ3v) is 5.66. The summed E-state index contributed by atoms with van der Waals surface area (Å²) in [5.41, 5.74) is 2.54. The highest BCUT2D eigenvalue weighted by molar-refractivity contribution is 7.14. The van der Waals surface area contributed by atoms with Crippen molar-refractivity contribution in [3.8, 4) is 11.4 Å². The molecule has 0 saturated carbocycles. The standard InChI is InChI=1S/C18H19N5OS/c1-11-15(25-18(22-11)13-6-7-19-10-13)17(24)23-14-4-2-12(3-5-14)16-20-8-9-21-16/h2-5,8-9,13,19H,6-7,10H2,1H3,(H,20,21)(H,23,24). The van der Waals surface area contributed by atoms with Crippen LogP contribution < -0.4 is 10.6 Å². The topological polar surface area (TPSA) is 82.7 Å². The molecule has 0 radical (unpaired) electrons. The van der Waals surface area contributed by atoms with Gasteiger partial charge in [-0.1, -0.05) is 0 Å². The SMILES string of the molecule is Cc1nc(C2CCNC2)sc1C(=O)Nc1ccc(-c2ncc[nH]2)cc1. The van der Waals surface area contributed by atoms with Crippen LogP contribution in [0, 0.1) is 6.92 Å². The van der Waals surface area contributed by atoms with Crippen LogP contribution >= 0.6 is 11.3 Å². The maximum absolute atomic E-state index is 12.6. The van der Waals surface area contributed by atoms with Gasteiger partial charge in [0.05, 0.1) is 10.7 Å². The van der Waals surface area contributed by atoms with Gasteiger partial charge in [-0.05, 0) is 44.2 Å². The van der Waals surface area contributed by atoms with Crippen molar-refractivity contribution in [2.24, 2.45) is 0 Å². The Morgan fingerprint density at radius 3 is 2.84 bits per heavy atom. The molecule has 1 fully saturated rings. The van der Waals surface area contributed by atoms with Crippen molar-refractivity contribution in [2.75, 3.05) is 18.4 Å². The maximum atomic E-state index is 12.6. The molecule has 1 atom stereocenters. The first-order valence-corrected chi connectivity index (χ1v) is 9.11. The molecule has 6 nitrogen and oxygen atoms in total. The number of H-pyrrole nitrogens is 1. The fourth-order valence-electron chi connectivity index (χ4n) is 2.99. The lowest BCUT2D eigenvalue weighted by Crippen LogP contribution is -2.11. The normalized spacial score (nSPS) is 16.9. The molecule has 1 aromatic carbocycles. The van der Waals surface area contributed by atoms with E-state index in [0.717, 1.165) is 47.3 Å². The van der Waals surface area contributed by atoms with Crippen molar-refractivity contribution in [3.05, 3.63) is 52.2 Å². The molecular weight excluding hydrogens is 334 g/mol. The molecule has 1 amide bonds. The number of anilines is 1. The van der Waals surface area contributed by atoms with Gasteiger partial charge in [-0.25, -0.2) is 9.97 Å². The molecule has 0 bridgehead atoms. The third-order valence-electron chi connectivity index (χ3n) is 4.34. The second-order valence-corrected chi connectivity index (χ2v) is 7.16. The van der Waals surface area contributed by atoms with Crippen LogP contribution in [0.3, 0.4) is 0 Å². The Kier molecular flexibility index (Phi) is 4.33. The summed E-state index contributed by atoms with van der Waals surface area (Å²) in [7, 11) is 0. The number of thiazole rings is 1. The zero-order valence-electron chi connectivity index (χ0n) is 13.9. The minimum Gasteiger partial charge on any atom is -0.345 e. The molecule has 4 rings (SSSR count). The lowest BCUT2D eigenvalue weighted by atomic mass is 10.1. The lowest BCUT2D eigenvalue weighted by molar-refractivity contribution is 0.103. The number of rotatable bonds is 4. The summed E-state index contributed by atoms with van der Waals surface area (Å²) >= 11 is 1.51. The Balaban J connectivity index is 1.48. The van der Waals surface area contributed by atoms with Crippen LogP contribution in [-0.2, 0) is 0 Å². The van der Waals surface area contributed by atoms with E-state index >= 15 is 0 Å². The van der Waals surface area contributed by atoms with Crippen molar-refractivity contribution in [2.45, 2.75) is 19.3 Å². The summed E-state index contributed by atoms with van der Waals surface area (Å²) in [6, 6.07) is 7.63.